The topological polar surface area (TPSA) is 95.9 Å². The number of aliphatic hydroxyl groups excluding tert-OH is 2. The third-order valence-corrected chi connectivity index (χ3v) is 11.8. The first-order chi connectivity index (χ1) is 28.0. The molecular weight excluding hydrogens is 707 g/mol. The van der Waals surface area contributed by atoms with Gasteiger partial charge in [0.05, 0.1) is 25.4 Å². The summed E-state index contributed by atoms with van der Waals surface area (Å²) in [7, 11) is 0. The molecule has 0 saturated carbocycles. The second-order valence-electron chi connectivity index (χ2n) is 17.5. The van der Waals surface area contributed by atoms with Gasteiger partial charge in [0.1, 0.15) is 0 Å². The highest BCUT2D eigenvalue weighted by Crippen LogP contribution is 2.17. The number of esters is 1. The summed E-state index contributed by atoms with van der Waals surface area (Å²) in [4.78, 5) is 24.4. The van der Waals surface area contributed by atoms with E-state index in [4.69, 9.17) is 4.74 Å². The molecule has 0 aliphatic carbocycles. The molecule has 57 heavy (non-hydrogen) atoms. The zero-order valence-corrected chi connectivity index (χ0v) is 38.3. The van der Waals surface area contributed by atoms with E-state index in [9.17, 15) is 19.8 Å². The SMILES string of the molecule is CCCCCCCCCCCCCCCCCCCCC(O)C(CO)NC(=O)CCC/C=C\CCCCCCOC(=O)CCCCCCCCCCCCCCC. The quantitative estimate of drug-likeness (QED) is 0.0323. The monoisotopic (exact) mass is 806 g/mol. The van der Waals surface area contributed by atoms with Crippen molar-refractivity contribution >= 4 is 11.9 Å². The highest BCUT2D eigenvalue weighted by Gasteiger charge is 2.20. The molecular formula is C51H99NO5. The van der Waals surface area contributed by atoms with Crippen LogP contribution >= 0.6 is 0 Å². The minimum absolute atomic E-state index is 0.0337. The van der Waals surface area contributed by atoms with E-state index < -0.39 is 12.1 Å². The standard InChI is InChI=1S/C51H99NO5/c1-3-5-7-9-11-13-15-17-18-19-20-21-23-24-27-31-35-39-43-49(54)48(47-53)52-50(55)44-40-36-32-28-26-30-34-38-42-46-57-51(56)45-41-37-33-29-25-22-16-14-12-10-8-6-4-2/h28,32,48-49,53-54H,3-27,29-31,33-47H2,1-2H3,(H,52,55)/b32-28-. The first kappa shape index (κ1) is 55.6. The van der Waals surface area contributed by atoms with Gasteiger partial charge in [-0.2, -0.15) is 0 Å². The lowest BCUT2D eigenvalue weighted by molar-refractivity contribution is -0.143. The smallest absolute Gasteiger partial charge is 0.305 e. The Bertz CT molecular complexity index is 847. The minimum atomic E-state index is -0.694. The normalized spacial score (nSPS) is 12.7. The van der Waals surface area contributed by atoms with Crippen molar-refractivity contribution in [2.45, 2.75) is 289 Å². The van der Waals surface area contributed by atoms with Crippen LogP contribution in [-0.4, -0.2) is 47.4 Å². The van der Waals surface area contributed by atoms with E-state index in [1.807, 2.05) is 0 Å². The number of hydrogen-bond donors (Lipinski definition) is 3. The van der Waals surface area contributed by atoms with Crippen molar-refractivity contribution in [2.75, 3.05) is 13.2 Å². The van der Waals surface area contributed by atoms with Gasteiger partial charge in [0.2, 0.25) is 5.91 Å². The Hall–Kier alpha value is -1.40. The molecule has 2 atom stereocenters. The Morgan fingerprint density at radius 3 is 1.28 bits per heavy atom. The zero-order chi connectivity index (χ0) is 41.5. The number of unbranched alkanes of at least 4 members (excludes halogenated alkanes) is 34. The zero-order valence-electron chi connectivity index (χ0n) is 38.3. The maximum atomic E-state index is 12.4. The summed E-state index contributed by atoms with van der Waals surface area (Å²) in [5, 5.41) is 23.2. The Morgan fingerprint density at radius 1 is 0.474 bits per heavy atom. The number of carbonyl (C=O) groups excluding carboxylic acids is 2. The van der Waals surface area contributed by atoms with Crippen molar-refractivity contribution in [3.63, 3.8) is 0 Å². The van der Waals surface area contributed by atoms with E-state index in [0.717, 1.165) is 70.6 Å². The van der Waals surface area contributed by atoms with Gasteiger partial charge in [-0.1, -0.05) is 231 Å². The molecule has 0 aromatic heterocycles. The van der Waals surface area contributed by atoms with E-state index >= 15 is 0 Å². The number of amides is 1. The van der Waals surface area contributed by atoms with E-state index in [0.29, 0.717) is 25.9 Å². The lowest BCUT2D eigenvalue weighted by Crippen LogP contribution is -2.45. The molecule has 0 aromatic carbocycles. The summed E-state index contributed by atoms with van der Waals surface area (Å²) in [6.07, 6.45) is 53.3. The molecule has 0 radical (unpaired) electrons. The van der Waals surface area contributed by atoms with Crippen LogP contribution in [0.2, 0.25) is 0 Å². The van der Waals surface area contributed by atoms with Crippen LogP contribution in [0.1, 0.15) is 277 Å². The van der Waals surface area contributed by atoms with Crippen molar-refractivity contribution in [2.24, 2.45) is 0 Å². The second-order valence-corrected chi connectivity index (χ2v) is 17.5. The molecule has 6 nitrogen and oxygen atoms in total. The fraction of sp³-hybridized carbons (Fsp3) is 0.922. The van der Waals surface area contributed by atoms with Gasteiger partial charge in [0.15, 0.2) is 0 Å². The number of carbonyl (C=O) groups is 2. The summed E-state index contributed by atoms with van der Waals surface area (Å²) in [5.74, 6) is -0.127. The van der Waals surface area contributed by atoms with Crippen LogP contribution in [-0.2, 0) is 14.3 Å². The summed E-state index contributed by atoms with van der Waals surface area (Å²) in [6, 6.07) is -0.577. The van der Waals surface area contributed by atoms with E-state index in [1.54, 1.807) is 0 Å². The predicted octanol–water partition coefficient (Wildman–Crippen LogP) is 15.0. The molecule has 0 aromatic rings. The number of aliphatic hydroxyl groups is 2. The minimum Gasteiger partial charge on any atom is -0.466 e. The lowest BCUT2D eigenvalue weighted by atomic mass is 10.0. The highest BCUT2D eigenvalue weighted by atomic mass is 16.5. The molecule has 3 N–H and O–H groups in total. The van der Waals surface area contributed by atoms with Crippen molar-refractivity contribution in [3.05, 3.63) is 12.2 Å². The van der Waals surface area contributed by atoms with Gasteiger partial charge in [-0.15, -0.1) is 0 Å². The molecule has 0 bridgehead atoms. The molecule has 2 unspecified atom stereocenters. The largest absolute Gasteiger partial charge is 0.466 e. The first-order valence-electron chi connectivity index (χ1n) is 25.4. The number of hydrogen-bond acceptors (Lipinski definition) is 5. The van der Waals surface area contributed by atoms with E-state index in [2.05, 4.69) is 31.3 Å². The Balaban J connectivity index is 3.53. The fourth-order valence-electron chi connectivity index (χ4n) is 7.88. The van der Waals surface area contributed by atoms with Gasteiger partial charge in [-0.25, -0.2) is 0 Å². The Kier molecular flexibility index (Phi) is 46.1. The molecule has 1 amide bonds. The second kappa shape index (κ2) is 47.3. The van der Waals surface area contributed by atoms with Crippen molar-refractivity contribution in [1.82, 2.24) is 5.32 Å². The molecule has 0 fully saturated rings. The van der Waals surface area contributed by atoms with E-state index in [-0.39, 0.29) is 18.5 Å². The molecule has 0 spiro atoms. The predicted molar refractivity (Wildman–Crippen MR) is 246 cm³/mol. The van der Waals surface area contributed by atoms with E-state index in [1.165, 1.54) is 173 Å². The average molecular weight is 806 g/mol. The Labute approximate surface area is 355 Å². The van der Waals surface area contributed by atoms with Crippen molar-refractivity contribution in [1.29, 1.82) is 0 Å². The van der Waals surface area contributed by atoms with Crippen LogP contribution in [0.25, 0.3) is 0 Å². The fourth-order valence-corrected chi connectivity index (χ4v) is 7.88. The summed E-state index contributed by atoms with van der Waals surface area (Å²) < 4.78 is 5.43. The molecule has 0 saturated heterocycles. The van der Waals surface area contributed by atoms with Gasteiger partial charge in [-0.3, -0.25) is 9.59 Å². The maximum absolute atomic E-state index is 12.4. The van der Waals surface area contributed by atoms with Crippen LogP contribution in [0.3, 0.4) is 0 Å². The molecule has 0 aliphatic rings. The molecule has 0 aliphatic heterocycles. The van der Waals surface area contributed by atoms with Crippen LogP contribution < -0.4 is 5.32 Å². The number of nitrogens with one attached hydrogen (secondary N) is 1. The molecule has 6 heteroatoms. The Morgan fingerprint density at radius 2 is 0.842 bits per heavy atom. The first-order valence-corrected chi connectivity index (χ1v) is 25.4. The third kappa shape index (κ3) is 44.0. The van der Waals surface area contributed by atoms with Gasteiger partial charge < -0.3 is 20.3 Å². The maximum Gasteiger partial charge on any atom is 0.305 e. The van der Waals surface area contributed by atoms with Crippen molar-refractivity contribution < 1.29 is 24.5 Å². The van der Waals surface area contributed by atoms with Gasteiger partial charge >= 0.3 is 5.97 Å². The van der Waals surface area contributed by atoms with Gasteiger partial charge in [-0.05, 0) is 44.9 Å². The number of ether oxygens (including phenoxy) is 1. The number of allylic oxidation sites excluding steroid dienone is 2. The number of rotatable bonds is 47. The molecule has 0 rings (SSSR count). The van der Waals surface area contributed by atoms with Gasteiger partial charge in [0, 0.05) is 12.8 Å². The van der Waals surface area contributed by atoms with Crippen LogP contribution in [0, 0.1) is 0 Å². The van der Waals surface area contributed by atoms with Crippen molar-refractivity contribution in [3.8, 4) is 0 Å². The summed E-state index contributed by atoms with van der Waals surface area (Å²) in [5.41, 5.74) is 0. The molecule has 338 valence electrons. The van der Waals surface area contributed by atoms with Crippen LogP contribution in [0.4, 0.5) is 0 Å². The van der Waals surface area contributed by atoms with Crippen LogP contribution in [0.15, 0.2) is 12.2 Å². The molecule has 0 heterocycles. The third-order valence-electron chi connectivity index (χ3n) is 11.8. The summed E-state index contributed by atoms with van der Waals surface area (Å²) in [6.45, 7) is 4.87. The lowest BCUT2D eigenvalue weighted by Gasteiger charge is -2.22. The van der Waals surface area contributed by atoms with Gasteiger partial charge in [0.25, 0.3) is 0 Å². The van der Waals surface area contributed by atoms with Crippen LogP contribution in [0.5, 0.6) is 0 Å². The summed E-state index contributed by atoms with van der Waals surface area (Å²) >= 11 is 0. The average Bonchev–Trinajstić information content (AvgIpc) is 3.21. The highest BCUT2D eigenvalue weighted by molar-refractivity contribution is 5.76.